The monoisotopic (exact) mass is 973 g/mol. The van der Waals surface area contributed by atoms with Gasteiger partial charge < -0.3 is 40.1 Å². The first-order valence-electron chi connectivity index (χ1n) is 25.1. The average Bonchev–Trinajstić information content (AvgIpc) is 3.80. The highest BCUT2D eigenvalue weighted by atomic mass is 16.3. The molecule has 2 fully saturated rings. The predicted octanol–water partition coefficient (Wildman–Crippen LogP) is 7.80. The minimum absolute atomic E-state index is 0.0709. The molecule has 0 aliphatic carbocycles. The zero-order valence-electron chi connectivity index (χ0n) is 41.6. The Hall–Kier alpha value is -7.59. The van der Waals surface area contributed by atoms with Gasteiger partial charge in [0.15, 0.2) is 0 Å². The van der Waals surface area contributed by atoms with Gasteiger partial charge in [0, 0.05) is 87.9 Å². The summed E-state index contributed by atoms with van der Waals surface area (Å²) >= 11 is 0. The lowest BCUT2D eigenvalue weighted by atomic mass is 9.96. The van der Waals surface area contributed by atoms with Gasteiger partial charge >= 0.3 is 0 Å². The highest BCUT2D eigenvalue weighted by molar-refractivity contribution is 6.09. The maximum atomic E-state index is 13.7. The summed E-state index contributed by atoms with van der Waals surface area (Å²) in [5.74, 6) is 2.30. The van der Waals surface area contributed by atoms with Crippen LogP contribution >= 0.6 is 0 Å². The Morgan fingerprint density at radius 2 is 1.06 bits per heavy atom. The fourth-order valence-electron chi connectivity index (χ4n) is 10.3. The number of nitrogens with one attached hydrogen (secondary N) is 2. The van der Waals surface area contributed by atoms with Crippen molar-refractivity contribution in [1.82, 2.24) is 29.4 Å². The molecule has 10 rings (SSSR count). The summed E-state index contributed by atoms with van der Waals surface area (Å²) in [5.41, 5.74) is 10.7. The average molecular weight is 973 g/mol. The van der Waals surface area contributed by atoms with Crippen LogP contribution in [0.15, 0.2) is 97.3 Å². The van der Waals surface area contributed by atoms with Gasteiger partial charge in [-0.1, -0.05) is 36.4 Å². The number of aliphatic hydroxyl groups excluding tert-OH is 1. The molecule has 16 heteroatoms. The van der Waals surface area contributed by atoms with E-state index < -0.39 is 0 Å². The van der Waals surface area contributed by atoms with Crippen LogP contribution in [-0.4, -0.2) is 97.2 Å². The van der Waals surface area contributed by atoms with Gasteiger partial charge in [-0.2, -0.15) is 10.2 Å². The zero-order chi connectivity index (χ0) is 50.5. The van der Waals surface area contributed by atoms with E-state index in [-0.39, 0.29) is 36.2 Å². The summed E-state index contributed by atoms with van der Waals surface area (Å²) in [6.45, 7) is 7.79. The molecule has 0 saturated carbocycles. The number of anilines is 6. The minimum Gasteiger partial charge on any atom is -0.396 e. The normalized spacial score (nSPS) is 15.6. The molecule has 0 spiro atoms. The third-order valence-electron chi connectivity index (χ3n) is 14.8. The van der Waals surface area contributed by atoms with Crippen molar-refractivity contribution in [3.8, 4) is 0 Å². The maximum Gasteiger partial charge on any atom is 0.258 e. The molecule has 4 aliphatic heterocycles. The van der Waals surface area contributed by atoms with Gasteiger partial charge in [-0.05, 0) is 129 Å². The van der Waals surface area contributed by atoms with Crippen LogP contribution in [-0.2, 0) is 54.4 Å². The first-order chi connectivity index (χ1) is 34.9. The van der Waals surface area contributed by atoms with Crippen LogP contribution in [0.1, 0.15) is 92.6 Å². The van der Waals surface area contributed by atoms with Crippen LogP contribution in [0.3, 0.4) is 0 Å². The second-order valence-electron chi connectivity index (χ2n) is 19.5. The van der Waals surface area contributed by atoms with Crippen LogP contribution in [0, 0.1) is 25.7 Å². The summed E-state index contributed by atoms with van der Waals surface area (Å²) in [6.07, 6.45) is 9.99. The summed E-state index contributed by atoms with van der Waals surface area (Å²) in [4.78, 5) is 71.1. The van der Waals surface area contributed by atoms with E-state index >= 15 is 0 Å². The van der Waals surface area contributed by atoms with E-state index in [1.807, 2.05) is 123 Å². The largest absolute Gasteiger partial charge is 0.396 e. The number of carbonyl (C=O) groups is 5. The van der Waals surface area contributed by atoms with Gasteiger partial charge in [-0.25, -0.2) is 0 Å². The summed E-state index contributed by atoms with van der Waals surface area (Å²) in [5, 5.41) is 24.9. The van der Waals surface area contributed by atoms with Gasteiger partial charge in [-0.15, -0.1) is 0 Å². The lowest BCUT2D eigenvalue weighted by Gasteiger charge is -2.31. The van der Waals surface area contributed by atoms with Crippen molar-refractivity contribution in [2.75, 3.05) is 53.2 Å². The fraction of sp³-hybridized carbons (Fsp3) is 0.375. The molecule has 0 bridgehead atoms. The summed E-state index contributed by atoms with van der Waals surface area (Å²) in [6, 6.07) is 27.1. The quantitative estimate of drug-likeness (QED) is 0.115. The van der Waals surface area contributed by atoms with Crippen LogP contribution in [0.5, 0.6) is 0 Å². The number of nitrogens with zero attached hydrogens (tertiary/aromatic N) is 8. The summed E-state index contributed by atoms with van der Waals surface area (Å²) in [7, 11) is 3.77. The van der Waals surface area contributed by atoms with Gasteiger partial charge in [0.2, 0.25) is 11.8 Å². The zero-order valence-corrected chi connectivity index (χ0v) is 41.6. The van der Waals surface area contributed by atoms with Crippen LogP contribution in [0.25, 0.3) is 0 Å². The summed E-state index contributed by atoms with van der Waals surface area (Å²) < 4.78 is 3.57. The van der Waals surface area contributed by atoms with E-state index in [0.29, 0.717) is 68.9 Å². The first kappa shape index (κ1) is 49.4. The lowest BCUT2D eigenvalue weighted by Crippen LogP contribution is -2.39. The van der Waals surface area contributed by atoms with E-state index in [0.717, 1.165) is 113 Å². The number of amides is 4. The van der Waals surface area contributed by atoms with Crippen molar-refractivity contribution in [3.63, 3.8) is 0 Å². The van der Waals surface area contributed by atoms with Crippen molar-refractivity contribution in [1.29, 1.82) is 0 Å². The van der Waals surface area contributed by atoms with Crippen LogP contribution in [0.2, 0.25) is 0 Å². The Morgan fingerprint density at radius 3 is 1.47 bits per heavy atom. The fourth-order valence-corrected chi connectivity index (χ4v) is 10.3. The number of aliphatic hydroxyl groups is 1. The number of rotatable bonds is 10. The molecule has 4 aromatic carbocycles. The Kier molecular flexibility index (Phi) is 15.0. The number of piperidine rings is 2. The molecule has 6 aromatic rings. The topological polar surface area (TPSA) is 178 Å². The van der Waals surface area contributed by atoms with Gasteiger partial charge in [0.25, 0.3) is 11.8 Å². The molecular formula is C56H64N10O6. The van der Waals surface area contributed by atoms with Crippen molar-refractivity contribution in [2.45, 2.75) is 78.3 Å². The standard InChI is InChI=1S/C28H33N5O3.C28H31N5O3/c2*1-19-15-22(8-7-21(19)9-10-26(35)32-13-11-20(18-34)12-14-32)28(36)33-17-23-16-29-31(2)27(23)30-24-5-3-4-6-25(24)33/h3-8,15-16,20,30,34H,9-14,17-18H2,1-2H3;3-8,15-16,18,20,30H,9-14,17H2,1-2H3. The third kappa shape index (κ3) is 10.7. The number of fused-ring (bicyclic) bond motifs is 4. The number of carbonyl (C=O) groups excluding carboxylic acids is 5. The predicted molar refractivity (Wildman–Crippen MR) is 278 cm³/mol. The number of para-hydroxylation sites is 4. The number of likely N-dealkylation sites (tertiary alicyclic amines) is 2. The number of aromatic nitrogens is 4. The number of aryl methyl sites for hydroxylation is 6. The molecule has 72 heavy (non-hydrogen) atoms. The van der Waals surface area contributed by atoms with Crippen LogP contribution < -0.4 is 20.4 Å². The molecule has 2 saturated heterocycles. The van der Waals surface area contributed by atoms with Gasteiger partial charge in [0.1, 0.15) is 17.9 Å². The Bertz CT molecular complexity index is 2980. The van der Waals surface area contributed by atoms with E-state index in [1.54, 1.807) is 31.6 Å². The second-order valence-corrected chi connectivity index (χ2v) is 19.5. The molecule has 0 radical (unpaired) electrons. The molecule has 0 atom stereocenters. The molecule has 0 unspecified atom stereocenters. The molecule has 16 nitrogen and oxygen atoms in total. The number of hydrogen-bond donors (Lipinski definition) is 3. The molecular weight excluding hydrogens is 909 g/mol. The van der Waals surface area contributed by atoms with Crippen molar-refractivity contribution >= 4 is 64.3 Å². The Morgan fingerprint density at radius 1 is 0.625 bits per heavy atom. The highest BCUT2D eigenvalue weighted by Gasteiger charge is 2.30. The van der Waals surface area contributed by atoms with E-state index in [1.165, 1.54) is 0 Å². The van der Waals surface area contributed by atoms with E-state index in [2.05, 4.69) is 20.8 Å². The Labute approximate surface area is 420 Å². The maximum absolute atomic E-state index is 13.7. The van der Waals surface area contributed by atoms with Crippen molar-refractivity contribution < 1.29 is 29.1 Å². The number of aldehydes is 1. The highest BCUT2D eigenvalue weighted by Crippen LogP contribution is 2.38. The smallest absolute Gasteiger partial charge is 0.258 e. The molecule has 4 aliphatic rings. The molecule has 374 valence electrons. The lowest BCUT2D eigenvalue weighted by molar-refractivity contribution is -0.133. The SMILES string of the molecule is Cc1cc(C(=O)N2Cc3cnn(C)c3Nc3ccccc32)ccc1CCC(=O)N1CCC(C=O)CC1.Cc1cc(C(=O)N2Cc3cnn(C)c3Nc3ccccc32)ccc1CCC(=O)N1CCC(CO)CC1. The molecule has 3 N–H and O–H groups in total. The number of benzene rings is 4. The number of hydrogen-bond acceptors (Lipinski definition) is 10. The molecule has 6 heterocycles. The second kappa shape index (κ2) is 21.8. The van der Waals surface area contributed by atoms with Crippen LogP contribution in [0.4, 0.5) is 34.4 Å². The van der Waals surface area contributed by atoms with E-state index in [4.69, 9.17) is 0 Å². The Balaban J connectivity index is 0.000000178. The van der Waals surface area contributed by atoms with Gasteiger partial charge in [0.05, 0.1) is 48.2 Å². The third-order valence-corrected chi connectivity index (χ3v) is 14.8. The van der Waals surface area contributed by atoms with Gasteiger partial charge in [-0.3, -0.25) is 28.5 Å². The first-order valence-corrected chi connectivity index (χ1v) is 25.1. The van der Waals surface area contributed by atoms with Crippen molar-refractivity contribution in [3.05, 3.63) is 142 Å². The van der Waals surface area contributed by atoms with Crippen molar-refractivity contribution in [2.24, 2.45) is 25.9 Å². The molecule has 2 aromatic heterocycles. The van der Waals surface area contributed by atoms with E-state index in [9.17, 15) is 29.1 Å². The minimum atomic E-state index is -0.0790. The molecule has 4 amide bonds.